The molecule has 4 nitrogen and oxygen atoms in total. The Morgan fingerprint density at radius 1 is 1.41 bits per heavy atom. The van der Waals surface area contributed by atoms with Gasteiger partial charge in [0.25, 0.3) is 0 Å². The van der Waals surface area contributed by atoms with Crippen molar-refractivity contribution in [2.75, 3.05) is 7.11 Å². The Hall–Kier alpha value is -1.32. The van der Waals surface area contributed by atoms with E-state index >= 15 is 0 Å². The molecule has 0 aromatic carbocycles. The third kappa shape index (κ3) is 2.51. The predicted molar refractivity (Wildman–Crippen MR) is 63.5 cm³/mol. The summed E-state index contributed by atoms with van der Waals surface area (Å²) in [6.45, 7) is 1.82. The topological polar surface area (TPSA) is 63.6 Å². The largest absolute Gasteiger partial charge is 0.480 e. The lowest BCUT2D eigenvalue weighted by Gasteiger charge is -2.31. The molecule has 0 aliphatic heterocycles. The standard InChI is InChI=1S/C13H20O4/c1-3-4-9-13(11(14)15,12(16)17-2)10-7-5-6-8-10/h3-4,10H,5-9H2,1-2H3,(H,14,15)/b4-3+. The molecule has 0 bridgehead atoms. The normalized spacial score (nSPS) is 20.4. The fourth-order valence-electron chi connectivity index (χ4n) is 2.67. The zero-order valence-corrected chi connectivity index (χ0v) is 10.4. The number of aliphatic carboxylic acids is 1. The van der Waals surface area contributed by atoms with Crippen LogP contribution in [-0.2, 0) is 14.3 Å². The molecule has 0 radical (unpaired) electrons. The number of hydrogen-bond donors (Lipinski definition) is 1. The van der Waals surface area contributed by atoms with Crippen LogP contribution in [0.15, 0.2) is 12.2 Å². The molecule has 1 saturated carbocycles. The van der Waals surface area contributed by atoms with Gasteiger partial charge < -0.3 is 9.84 Å². The summed E-state index contributed by atoms with van der Waals surface area (Å²) in [6, 6.07) is 0. The van der Waals surface area contributed by atoms with Crippen molar-refractivity contribution in [3.8, 4) is 0 Å². The van der Waals surface area contributed by atoms with Crippen molar-refractivity contribution < 1.29 is 19.4 Å². The van der Waals surface area contributed by atoms with Crippen LogP contribution in [0.5, 0.6) is 0 Å². The first kappa shape index (κ1) is 13.7. The van der Waals surface area contributed by atoms with Gasteiger partial charge in [-0.15, -0.1) is 0 Å². The average molecular weight is 240 g/mol. The number of ether oxygens (including phenoxy) is 1. The summed E-state index contributed by atoms with van der Waals surface area (Å²) < 4.78 is 4.73. The lowest BCUT2D eigenvalue weighted by Crippen LogP contribution is -2.45. The van der Waals surface area contributed by atoms with E-state index in [1.165, 1.54) is 7.11 Å². The van der Waals surface area contributed by atoms with Crippen LogP contribution in [0.4, 0.5) is 0 Å². The Bertz CT molecular complexity index is 315. The molecule has 0 heterocycles. The van der Waals surface area contributed by atoms with Crippen LogP contribution in [0.3, 0.4) is 0 Å². The maximum absolute atomic E-state index is 11.9. The van der Waals surface area contributed by atoms with Crippen LogP contribution in [-0.4, -0.2) is 24.2 Å². The molecule has 0 spiro atoms. The molecule has 1 fully saturated rings. The van der Waals surface area contributed by atoms with E-state index in [-0.39, 0.29) is 12.3 Å². The van der Waals surface area contributed by atoms with E-state index < -0.39 is 17.4 Å². The van der Waals surface area contributed by atoms with Crippen molar-refractivity contribution in [1.82, 2.24) is 0 Å². The summed E-state index contributed by atoms with van der Waals surface area (Å²) in [5, 5.41) is 9.48. The van der Waals surface area contributed by atoms with Gasteiger partial charge >= 0.3 is 11.9 Å². The van der Waals surface area contributed by atoms with Crippen LogP contribution < -0.4 is 0 Å². The number of carboxylic acids is 1. The third-order valence-corrected chi connectivity index (χ3v) is 3.66. The van der Waals surface area contributed by atoms with E-state index in [4.69, 9.17) is 4.74 Å². The van der Waals surface area contributed by atoms with Crippen LogP contribution in [0.25, 0.3) is 0 Å². The third-order valence-electron chi connectivity index (χ3n) is 3.66. The molecular formula is C13H20O4. The summed E-state index contributed by atoms with van der Waals surface area (Å²) >= 11 is 0. The van der Waals surface area contributed by atoms with Gasteiger partial charge in [-0.3, -0.25) is 9.59 Å². The van der Waals surface area contributed by atoms with Crippen LogP contribution in [0, 0.1) is 11.3 Å². The molecule has 0 saturated heterocycles. The number of allylic oxidation sites excluding steroid dienone is 2. The first-order valence-corrected chi connectivity index (χ1v) is 6.02. The van der Waals surface area contributed by atoms with Gasteiger partial charge in [-0.25, -0.2) is 0 Å². The molecule has 1 unspecified atom stereocenters. The minimum atomic E-state index is -1.39. The fraction of sp³-hybridized carbons (Fsp3) is 0.692. The summed E-state index contributed by atoms with van der Waals surface area (Å²) in [5.74, 6) is -1.78. The zero-order valence-electron chi connectivity index (χ0n) is 10.4. The van der Waals surface area contributed by atoms with Crippen molar-refractivity contribution in [2.24, 2.45) is 11.3 Å². The van der Waals surface area contributed by atoms with Gasteiger partial charge in [-0.05, 0) is 32.1 Å². The van der Waals surface area contributed by atoms with E-state index in [1.54, 1.807) is 12.2 Å². The molecule has 96 valence electrons. The molecule has 1 rings (SSSR count). The van der Waals surface area contributed by atoms with Gasteiger partial charge in [-0.1, -0.05) is 25.0 Å². The maximum Gasteiger partial charge on any atom is 0.323 e. The van der Waals surface area contributed by atoms with Crippen molar-refractivity contribution in [1.29, 1.82) is 0 Å². The van der Waals surface area contributed by atoms with Gasteiger partial charge in [0.15, 0.2) is 5.41 Å². The molecule has 0 aromatic rings. The highest BCUT2D eigenvalue weighted by atomic mass is 16.5. The van der Waals surface area contributed by atoms with E-state index in [0.717, 1.165) is 25.7 Å². The molecule has 0 amide bonds. The Labute approximate surface area is 102 Å². The van der Waals surface area contributed by atoms with Crippen molar-refractivity contribution in [3.63, 3.8) is 0 Å². The molecular weight excluding hydrogens is 220 g/mol. The number of esters is 1. The highest BCUT2D eigenvalue weighted by Gasteiger charge is 2.53. The number of hydrogen-bond acceptors (Lipinski definition) is 3. The lowest BCUT2D eigenvalue weighted by molar-refractivity contribution is -0.171. The first-order valence-electron chi connectivity index (χ1n) is 6.02. The number of carbonyl (C=O) groups is 2. The summed E-state index contributed by atoms with van der Waals surface area (Å²) in [6.07, 6.45) is 7.30. The van der Waals surface area contributed by atoms with E-state index in [0.29, 0.717) is 0 Å². The Morgan fingerprint density at radius 2 is 2.00 bits per heavy atom. The van der Waals surface area contributed by atoms with Crippen LogP contribution >= 0.6 is 0 Å². The minimum absolute atomic E-state index is 0.108. The SMILES string of the molecule is C/C=C/CC(C(=O)O)(C(=O)OC)C1CCCC1. The second-order valence-corrected chi connectivity index (χ2v) is 4.52. The fourth-order valence-corrected chi connectivity index (χ4v) is 2.67. The highest BCUT2D eigenvalue weighted by molar-refractivity contribution is 5.99. The molecule has 0 aromatic heterocycles. The highest BCUT2D eigenvalue weighted by Crippen LogP contribution is 2.44. The number of methoxy groups -OCH3 is 1. The second kappa shape index (κ2) is 5.84. The average Bonchev–Trinajstić information content (AvgIpc) is 2.83. The summed E-state index contributed by atoms with van der Waals surface area (Å²) in [7, 11) is 1.25. The minimum Gasteiger partial charge on any atom is -0.480 e. The van der Waals surface area contributed by atoms with Gasteiger partial charge in [-0.2, -0.15) is 0 Å². The molecule has 1 aliphatic rings. The van der Waals surface area contributed by atoms with Crippen LogP contribution in [0.1, 0.15) is 39.0 Å². The molecule has 1 atom stereocenters. The maximum atomic E-state index is 11.9. The second-order valence-electron chi connectivity index (χ2n) is 4.52. The number of carbonyl (C=O) groups excluding carboxylic acids is 1. The van der Waals surface area contributed by atoms with Crippen molar-refractivity contribution >= 4 is 11.9 Å². The first-order chi connectivity index (χ1) is 8.09. The Morgan fingerprint density at radius 3 is 2.41 bits per heavy atom. The summed E-state index contributed by atoms with van der Waals surface area (Å²) in [5.41, 5.74) is -1.39. The molecule has 17 heavy (non-hydrogen) atoms. The van der Waals surface area contributed by atoms with Crippen molar-refractivity contribution in [2.45, 2.75) is 39.0 Å². The van der Waals surface area contributed by atoms with E-state index in [2.05, 4.69) is 0 Å². The molecule has 4 heteroatoms. The lowest BCUT2D eigenvalue weighted by atomic mass is 9.71. The quantitative estimate of drug-likeness (QED) is 0.455. The number of carboxylic acid groups (broad SMARTS) is 1. The van der Waals surface area contributed by atoms with E-state index in [9.17, 15) is 14.7 Å². The zero-order chi connectivity index (χ0) is 12.9. The Balaban J connectivity index is 3.09. The predicted octanol–water partition coefficient (Wildman–Crippen LogP) is 2.39. The Kier molecular flexibility index (Phi) is 4.73. The molecule has 1 aliphatic carbocycles. The summed E-state index contributed by atoms with van der Waals surface area (Å²) in [4.78, 5) is 23.5. The van der Waals surface area contributed by atoms with Crippen molar-refractivity contribution in [3.05, 3.63) is 12.2 Å². The van der Waals surface area contributed by atoms with Gasteiger partial charge in [0.05, 0.1) is 7.11 Å². The van der Waals surface area contributed by atoms with Gasteiger partial charge in [0, 0.05) is 0 Å². The van der Waals surface area contributed by atoms with E-state index in [1.807, 2.05) is 6.92 Å². The number of rotatable bonds is 5. The molecule has 1 N–H and O–H groups in total. The van der Waals surface area contributed by atoms with Gasteiger partial charge in [0.2, 0.25) is 0 Å². The monoisotopic (exact) mass is 240 g/mol. The van der Waals surface area contributed by atoms with Gasteiger partial charge in [0.1, 0.15) is 0 Å². The van der Waals surface area contributed by atoms with Crippen LogP contribution in [0.2, 0.25) is 0 Å². The smallest absolute Gasteiger partial charge is 0.323 e.